The highest BCUT2D eigenvalue weighted by Gasteiger charge is 2.24. The number of amides is 1. The molecule has 102 valence electrons. The first kappa shape index (κ1) is 13.7. The highest BCUT2D eigenvalue weighted by Crippen LogP contribution is 2.20. The molecule has 19 heavy (non-hydrogen) atoms. The molecular formula is C11H13ClN4O3. The zero-order valence-corrected chi connectivity index (χ0v) is 10.8. The minimum Gasteiger partial charge on any atom is -0.349 e. The van der Waals surface area contributed by atoms with Crippen molar-refractivity contribution in [3.05, 3.63) is 33.1 Å². The molecule has 7 nitrogen and oxygen atoms in total. The van der Waals surface area contributed by atoms with Crippen molar-refractivity contribution in [2.24, 2.45) is 0 Å². The van der Waals surface area contributed by atoms with Crippen molar-refractivity contribution in [3.63, 3.8) is 0 Å². The summed E-state index contributed by atoms with van der Waals surface area (Å²) in [5.41, 5.74) is -0.389. The van der Waals surface area contributed by atoms with E-state index in [0.717, 1.165) is 32.1 Å². The van der Waals surface area contributed by atoms with E-state index < -0.39 is 10.8 Å². The van der Waals surface area contributed by atoms with Gasteiger partial charge in [0, 0.05) is 6.04 Å². The molecule has 1 aromatic rings. The lowest BCUT2D eigenvalue weighted by atomic mass is 10.1. The molecule has 1 aliphatic rings. The monoisotopic (exact) mass is 284 g/mol. The van der Waals surface area contributed by atoms with Gasteiger partial charge < -0.3 is 10.6 Å². The van der Waals surface area contributed by atoms with Crippen LogP contribution in [0.5, 0.6) is 0 Å². The molecule has 1 amide bonds. The van der Waals surface area contributed by atoms with Crippen LogP contribution in [0.1, 0.15) is 23.2 Å². The van der Waals surface area contributed by atoms with Gasteiger partial charge in [0.2, 0.25) is 0 Å². The molecule has 0 bridgehead atoms. The molecule has 0 aliphatic carbocycles. The van der Waals surface area contributed by atoms with Gasteiger partial charge in [0.15, 0.2) is 0 Å². The Balaban J connectivity index is 2.17. The van der Waals surface area contributed by atoms with E-state index in [0.29, 0.717) is 0 Å². The SMILES string of the molecule is O=C(NC1CCNCC1)c1cc(Cl)ncc1[N+](=O)[O-]. The number of nitrogens with zero attached hydrogens (tertiary/aromatic N) is 2. The molecule has 0 aromatic carbocycles. The van der Waals surface area contributed by atoms with Gasteiger partial charge in [-0.15, -0.1) is 0 Å². The molecule has 0 spiro atoms. The molecule has 1 fully saturated rings. The van der Waals surface area contributed by atoms with Gasteiger partial charge in [0.1, 0.15) is 16.9 Å². The summed E-state index contributed by atoms with van der Waals surface area (Å²) in [6.45, 7) is 1.65. The van der Waals surface area contributed by atoms with Gasteiger partial charge in [-0.05, 0) is 32.0 Å². The molecule has 1 saturated heterocycles. The van der Waals surface area contributed by atoms with Crippen LogP contribution in [0.15, 0.2) is 12.3 Å². The first-order chi connectivity index (χ1) is 9.08. The summed E-state index contributed by atoms with van der Waals surface area (Å²) in [5, 5.41) is 16.9. The molecule has 2 rings (SSSR count). The second kappa shape index (κ2) is 5.94. The van der Waals surface area contributed by atoms with Crippen LogP contribution < -0.4 is 10.6 Å². The Morgan fingerprint density at radius 1 is 1.53 bits per heavy atom. The van der Waals surface area contributed by atoms with Gasteiger partial charge in [0.05, 0.1) is 4.92 Å². The molecule has 0 radical (unpaired) electrons. The third-order valence-electron chi connectivity index (χ3n) is 2.97. The average Bonchev–Trinajstić information content (AvgIpc) is 2.39. The zero-order chi connectivity index (χ0) is 13.8. The van der Waals surface area contributed by atoms with Crippen molar-refractivity contribution in [2.75, 3.05) is 13.1 Å². The van der Waals surface area contributed by atoms with E-state index >= 15 is 0 Å². The number of hydrogen-bond donors (Lipinski definition) is 2. The van der Waals surface area contributed by atoms with Gasteiger partial charge in [0.25, 0.3) is 11.6 Å². The molecule has 2 heterocycles. The van der Waals surface area contributed by atoms with Crippen LogP contribution in [0, 0.1) is 10.1 Å². The normalized spacial score (nSPS) is 16.1. The largest absolute Gasteiger partial charge is 0.349 e. The fraction of sp³-hybridized carbons (Fsp3) is 0.455. The summed E-state index contributed by atoms with van der Waals surface area (Å²) in [6, 6.07) is 1.25. The second-order valence-corrected chi connectivity index (χ2v) is 4.67. The van der Waals surface area contributed by atoms with Crippen LogP contribution >= 0.6 is 11.6 Å². The first-order valence-electron chi connectivity index (χ1n) is 5.89. The third kappa shape index (κ3) is 3.39. The lowest BCUT2D eigenvalue weighted by Gasteiger charge is -2.23. The number of hydrogen-bond acceptors (Lipinski definition) is 5. The highest BCUT2D eigenvalue weighted by molar-refractivity contribution is 6.29. The van der Waals surface area contributed by atoms with E-state index in [1.165, 1.54) is 6.07 Å². The van der Waals surface area contributed by atoms with Crippen molar-refractivity contribution in [2.45, 2.75) is 18.9 Å². The standard InChI is InChI=1S/C11H13ClN4O3/c12-10-5-8(9(6-14-10)16(18)19)11(17)15-7-1-3-13-4-2-7/h5-7,13H,1-4H2,(H,15,17). The van der Waals surface area contributed by atoms with E-state index in [9.17, 15) is 14.9 Å². The fourth-order valence-corrected chi connectivity index (χ4v) is 2.14. The van der Waals surface area contributed by atoms with Crippen molar-refractivity contribution < 1.29 is 9.72 Å². The summed E-state index contributed by atoms with van der Waals surface area (Å²) in [5.74, 6) is -0.483. The minimum atomic E-state index is -0.638. The topological polar surface area (TPSA) is 97.2 Å². The number of nitrogens with one attached hydrogen (secondary N) is 2. The number of pyridine rings is 1. The summed E-state index contributed by atoms with van der Waals surface area (Å²) >= 11 is 5.68. The van der Waals surface area contributed by atoms with Crippen molar-refractivity contribution in [1.29, 1.82) is 0 Å². The Kier molecular flexibility index (Phi) is 4.28. The van der Waals surface area contributed by atoms with E-state index in [2.05, 4.69) is 15.6 Å². The van der Waals surface area contributed by atoms with Crippen molar-refractivity contribution >= 4 is 23.2 Å². The molecule has 0 unspecified atom stereocenters. The Labute approximate surface area is 114 Å². The van der Waals surface area contributed by atoms with E-state index in [1.54, 1.807) is 0 Å². The lowest BCUT2D eigenvalue weighted by Crippen LogP contribution is -2.42. The number of carbonyl (C=O) groups excluding carboxylic acids is 1. The maximum absolute atomic E-state index is 12.1. The highest BCUT2D eigenvalue weighted by atomic mass is 35.5. The molecular weight excluding hydrogens is 272 g/mol. The Morgan fingerprint density at radius 3 is 2.84 bits per heavy atom. The maximum Gasteiger partial charge on any atom is 0.300 e. The van der Waals surface area contributed by atoms with E-state index in [1.807, 2.05) is 0 Å². The Morgan fingerprint density at radius 2 is 2.21 bits per heavy atom. The van der Waals surface area contributed by atoms with Gasteiger partial charge in [-0.25, -0.2) is 4.98 Å². The molecule has 0 saturated carbocycles. The summed E-state index contributed by atoms with van der Waals surface area (Å²) in [4.78, 5) is 25.9. The number of carbonyl (C=O) groups is 1. The van der Waals surface area contributed by atoms with Crippen LogP contribution in [0.4, 0.5) is 5.69 Å². The van der Waals surface area contributed by atoms with Crippen LogP contribution in [-0.4, -0.2) is 34.9 Å². The predicted octanol–water partition coefficient (Wildman–Crippen LogP) is 1.12. The summed E-state index contributed by atoms with van der Waals surface area (Å²) < 4.78 is 0. The average molecular weight is 285 g/mol. The van der Waals surface area contributed by atoms with E-state index in [4.69, 9.17) is 11.6 Å². The molecule has 8 heteroatoms. The van der Waals surface area contributed by atoms with Crippen molar-refractivity contribution in [1.82, 2.24) is 15.6 Å². The fourth-order valence-electron chi connectivity index (χ4n) is 1.98. The predicted molar refractivity (Wildman–Crippen MR) is 69.3 cm³/mol. The number of halogens is 1. The maximum atomic E-state index is 12.1. The molecule has 2 N–H and O–H groups in total. The molecule has 0 atom stereocenters. The number of aromatic nitrogens is 1. The number of rotatable bonds is 3. The van der Waals surface area contributed by atoms with Gasteiger partial charge >= 0.3 is 0 Å². The van der Waals surface area contributed by atoms with Gasteiger partial charge in [-0.3, -0.25) is 14.9 Å². The van der Waals surface area contributed by atoms with Crippen LogP contribution in [-0.2, 0) is 0 Å². The smallest absolute Gasteiger partial charge is 0.300 e. The van der Waals surface area contributed by atoms with E-state index in [-0.39, 0.29) is 22.4 Å². The minimum absolute atomic E-state index is 0.0281. The Bertz CT molecular complexity index is 503. The molecule has 1 aliphatic heterocycles. The Hall–Kier alpha value is -1.73. The van der Waals surface area contributed by atoms with Gasteiger partial charge in [-0.2, -0.15) is 0 Å². The summed E-state index contributed by atoms with van der Waals surface area (Å²) in [6.07, 6.45) is 2.61. The van der Waals surface area contributed by atoms with Gasteiger partial charge in [-0.1, -0.05) is 11.6 Å². The first-order valence-corrected chi connectivity index (χ1v) is 6.27. The third-order valence-corrected chi connectivity index (χ3v) is 3.17. The van der Waals surface area contributed by atoms with Crippen molar-refractivity contribution in [3.8, 4) is 0 Å². The second-order valence-electron chi connectivity index (χ2n) is 4.28. The van der Waals surface area contributed by atoms with Crippen LogP contribution in [0.25, 0.3) is 0 Å². The summed E-state index contributed by atoms with van der Waals surface area (Å²) in [7, 11) is 0. The number of nitro groups is 1. The zero-order valence-electron chi connectivity index (χ0n) is 10.1. The quantitative estimate of drug-likeness (QED) is 0.492. The van der Waals surface area contributed by atoms with Crippen LogP contribution in [0.3, 0.4) is 0 Å². The van der Waals surface area contributed by atoms with Crippen LogP contribution in [0.2, 0.25) is 5.15 Å². The molecule has 1 aromatic heterocycles. The lowest BCUT2D eigenvalue weighted by molar-refractivity contribution is -0.385. The number of piperidine rings is 1.